The zero-order valence-corrected chi connectivity index (χ0v) is 15.2. The number of rotatable bonds is 2. The Labute approximate surface area is 150 Å². The van der Waals surface area contributed by atoms with E-state index in [1.807, 2.05) is 0 Å². The van der Waals surface area contributed by atoms with Crippen LogP contribution in [0.25, 0.3) is 0 Å². The molecule has 2 heterocycles. The van der Waals surface area contributed by atoms with Crippen molar-refractivity contribution < 1.29 is 4.74 Å². The van der Waals surface area contributed by atoms with Crippen LogP contribution in [0.2, 0.25) is 5.02 Å². The zero-order valence-electron chi connectivity index (χ0n) is 12.8. The van der Waals surface area contributed by atoms with E-state index < -0.39 is 0 Å². The fourth-order valence-electron chi connectivity index (χ4n) is 3.77. The molecule has 120 valence electrons. The summed E-state index contributed by atoms with van der Waals surface area (Å²) in [6, 6.07) is 15.0. The van der Waals surface area contributed by atoms with Crippen molar-refractivity contribution in [3.8, 4) is 0 Å². The molecule has 1 fully saturated rings. The summed E-state index contributed by atoms with van der Waals surface area (Å²) in [6.45, 7) is 3.76. The van der Waals surface area contributed by atoms with Crippen molar-refractivity contribution in [1.82, 2.24) is 4.90 Å². The first-order chi connectivity index (χ1) is 11.2. The molecule has 23 heavy (non-hydrogen) atoms. The molecular weight excluding hydrogens is 374 g/mol. The maximum absolute atomic E-state index is 6.47. The van der Waals surface area contributed by atoms with Gasteiger partial charge in [0.15, 0.2) is 0 Å². The van der Waals surface area contributed by atoms with Gasteiger partial charge in [-0.3, -0.25) is 4.90 Å². The number of halogens is 2. The molecule has 4 heteroatoms. The number of piperidine rings is 1. The van der Waals surface area contributed by atoms with Crippen LogP contribution in [0.5, 0.6) is 0 Å². The van der Waals surface area contributed by atoms with Gasteiger partial charge < -0.3 is 4.74 Å². The van der Waals surface area contributed by atoms with Gasteiger partial charge in [-0.15, -0.1) is 0 Å². The quantitative estimate of drug-likeness (QED) is 0.714. The van der Waals surface area contributed by atoms with E-state index in [-0.39, 0.29) is 0 Å². The zero-order chi connectivity index (χ0) is 15.8. The lowest BCUT2D eigenvalue weighted by molar-refractivity contribution is -0.0325. The van der Waals surface area contributed by atoms with Crippen LogP contribution >= 0.6 is 27.5 Å². The molecule has 0 unspecified atom stereocenters. The molecule has 2 aliphatic heterocycles. The van der Waals surface area contributed by atoms with Gasteiger partial charge in [0, 0.05) is 35.6 Å². The number of benzene rings is 2. The lowest BCUT2D eigenvalue weighted by Gasteiger charge is -2.42. The molecule has 4 rings (SSSR count). The Kier molecular flexibility index (Phi) is 4.46. The minimum absolute atomic E-state index is 0.326. The third-order valence-corrected chi connectivity index (χ3v) is 6.28. The molecule has 0 amide bonds. The largest absolute Gasteiger partial charge is 0.373 e. The normalized spacial score (nSPS) is 24.1. The summed E-state index contributed by atoms with van der Waals surface area (Å²) in [5, 5.41) is 0.807. The van der Waals surface area contributed by atoms with Gasteiger partial charge in [0.25, 0.3) is 0 Å². The number of nitrogens with zero attached hydrogens (tertiary/aromatic N) is 1. The molecule has 0 aliphatic carbocycles. The van der Waals surface area contributed by atoms with Gasteiger partial charge in [-0.05, 0) is 39.5 Å². The van der Waals surface area contributed by atoms with E-state index in [0.29, 0.717) is 18.6 Å². The fourth-order valence-corrected chi connectivity index (χ4v) is 4.37. The smallest absolute Gasteiger partial charge is 0.0738 e. The van der Waals surface area contributed by atoms with Crippen molar-refractivity contribution in [1.29, 1.82) is 0 Å². The van der Waals surface area contributed by atoms with Crippen LogP contribution in [0.3, 0.4) is 0 Å². The summed E-state index contributed by atoms with van der Waals surface area (Å²) in [5.41, 5.74) is 3.90. The van der Waals surface area contributed by atoms with Crippen LogP contribution in [-0.2, 0) is 17.9 Å². The molecular formula is C19H19BrClNO. The number of hydrogen-bond acceptors (Lipinski definition) is 2. The fraction of sp³-hybridized carbons (Fsp3) is 0.368. The van der Waals surface area contributed by atoms with E-state index in [1.54, 1.807) is 0 Å². The summed E-state index contributed by atoms with van der Waals surface area (Å²) in [5.74, 6) is 0.418. The van der Waals surface area contributed by atoms with Crippen molar-refractivity contribution >= 4 is 27.5 Å². The minimum atomic E-state index is 0.326. The molecule has 0 saturated carbocycles. The molecule has 0 aromatic heterocycles. The van der Waals surface area contributed by atoms with Crippen LogP contribution in [0, 0.1) is 0 Å². The summed E-state index contributed by atoms with van der Waals surface area (Å²) >= 11 is 9.99. The lowest BCUT2D eigenvalue weighted by atomic mass is 9.83. The average Bonchev–Trinajstić information content (AvgIpc) is 2.59. The Balaban J connectivity index is 1.57. The monoisotopic (exact) mass is 391 g/mol. The highest BCUT2D eigenvalue weighted by molar-refractivity contribution is 9.10. The molecule has 2 aromatic rings. The van der Waals surface area contributed by atoms with E-state index in [4.69, 9.17) is 16.3 Å². The van der Waals surface area contributed by atoms with Crippen LogP contribution in [0.1, 0.15) is 29.0 Å². The Morgan fingerprint density at radius 1 is 1.17 bits per heavy atom. The molecule has 0 bridgehead atoms. The van der Waals surface area contributed by atoms with Gasteiger partial charge in [0.2, 0.25) is 0 Å². The van der Waals surface area contributed by atoms with Crippen molar-refractivity contribution in [2.75, 3.05) is 13.1 Å². The highest BCUT2D eigenvalue weighted by Gasteiger charge is 2.36. The van der Waals surface area contributed by atoms with E-state index in [1.165, 1.54) is 11.1 Å². The highest BCUT2D eigenvalue weighted by Crippen LogP contribution is 2.41. The van der Waals surface area contributed by atoms with Crippen molar-refractivity contribution in [2.24, 2.45) is 0 Å². The summed E-state index contributed by atoms with van der Waals surface area (Å²) in [6.07, 6.45) is 1.41. The molecule has 2 aliphatic rings. The van der Waals surface area contributed by atoms with Crippen LogP contribution in [-0.4, -0.2) is 24.1 Å². The van der Waals surface area contributed by atoms with Gasteiger partial charge in [-0.2, -0.15) is 0 Å². The van der Waals surface area contributed by atoms with E-state index >= 15 is 0 Å². The summed E-state index contributed by atoms with van der Waals surface area (Å²) in [4.78, 5) is 2.53. The van der Waals surface area contributed by atoms with Gasteiger partial charge in [0.05, 0.1) is 17.7 Å². The Bertz CT molecular complexity index is 706. The second-order valence-corrected chi connectivity index (χ2v) is 7.63. The molecule has 0 radical (unpaired) electrons. The van der Waals surface area contributed by atoms with Gasteiger partial charge >= 0.3 is 0 Å². The first-order valence-electron chi connectivity index (χ1n) is 8.07. The number of likely N-dealkylation sites (tertiary alicyclic amines) is 1. The Morgan fingerprint density at radius 3 is 2.83 bits per heavy atom. The van der Waals surface area contributed by atoms with Crippen LogP contribution in [0.4, 0.5) is 0 Å². The van der Waals surface area contributed by atoms with Crippen LogP contribution < -0.4 is 0 Å². The molecule has 0 N–H and O–H groups in total. The molecule has 1 saturated heterocycles. The Morgan fingerprint density at radius 2 is 2.00 bits per heavy atom. The summed E-state index contributed by atoms with van der Waals surface area (Å²) < 4.78 is 7.07. The van der Waals surface area contributed by atoms with E-state index in [2.05, 4.69) is 63.3 Å². The van der Waals surface area contributed by atoms with E-state index in [0.717, 1.165) is 41.1 Å². The Hall–Kier alpha value is -0.870. The van der Waals surface area contributed by atoms with Gasteiger partial charge in [-0.25, -0.2) is 0 Å². The number of hydrogen-bond donors (Lipinski definition) is 0. The molecule has 0 spiro atoms. The lowest BCUT2D eigenvalue weighted by Crippen LogP contribution is -2.44. The highest BCUT2D eigenvalue weighted by atomic mass is 79.9. The SMILES string of the molecule is Clc1c(Br)ccc2c1CO[C@@H]1CCN(Cc3ccccc3)C[C@H]21. The number of fused-ring (bicyclic) bond motifs is 3. The van der Waals surface area contributed by atoms with Gasteiger partial charge in [0.1, 0.15) is 0 Å². The standard InChI is InChI=1S/C19H19BrClNO/c20-17-7-6-14-15-11-22(10-13-4-2-1-3-5-13)9-8-18(15)23-12-16(14)19(17)21/h1-7,15,18H,8-12H2/t15-,18-/m1/s1. The molecule has 2 atom stereocenters. The first-order valence-corrected chi connectivity index (χ1v) is 9.24. The third-order valence-electron chi connectivity index (χ3n) is 4.96. The predicted molar refractivity (Wildman–Crippen MR) is 96.8 cm³/mol. The first kappa shape index (κ1) is 15.6. The average molecular weight is 393 g/mol. The van der Waals surface area contributed by atoms with E-state index in [9.17, 15) is 0 Å². The second-order valence-electron chi connectivity index (χ2n) is 6.39. The molecule has 2 nitrogen and oxygen atoms in total. The topological polar surface area (TPSA) is 12.5 Å². The summed E-state index contributed by atoms with van der Waals surface area (Å²) in [7, 11) is 0. The second kappa shape index (κ2) is 6.56. The van der Waals surface area contributed by atoms with Crippen molar-refractivity contribution in [2.45, 2.75) is 31.6 Å². The minimum Gasteiger partial charge on any atom is -0.373 e. The maximum atomic E-state index is 6.47. The predicted octanol–water partition coefficient (Wildman–Crippen LogP) is 4.99. The number of ether oxygens (including phenoxy) is 1. The van der Waals surface area contributed by atoms with Crippen molar-refractivity contribution in [3.63, 3.8) is 0 Å². The molecule has 2 aromatic carbocycles. The maximum Gasteiger partial charge on any atom is 0.0738 e. The van der Waals surface area contributed by atoms with Crippen LogP contribution in [0.15, 0.2) is 46.9 Å². The third kappa shape index (κ3) is 3.08. The van der Waals surface area contributed by atoms with Crippen molar-refractivity contribution in [3.05, 3.63) is 68.7 Å². The van der Waals surface area contributed by atoms with Gasteiger partial charge in [-0.1, -0.05) is 48.0 Å².